The molecular formula is C12H17BrClN3O3S. The van der Waals surface area contributed by atoms with Crippen molar-refractivity contribution in [3.63, 3.8) is 0 Å². The standard InChI is InChI=1S/C12H16BrN3O3S.ClH/c13-10-3-9(12(15)17)4-11(5-10)20(18,19)16-2-1-8(6-14)7-16;/h3-5,8H,1-2,6-7,14H2,(H2,15,17);1H. The Bertz CT molecular complexity index is 639. The molecule has 9 heteroatoms. The van der Waals surface area contributed by atoms with Crippen LogP contribution in [0.4, 0.5) is 0 Å². The van der Waals surface area contributed by atoms with Crippen molar-refractivity contribution < 1.29 is 13.2 Å². The number of sulfonamides is 1. The summed E-state index contributed by atoms with van der Waals surface area (Å²) in [5.41, 5.74) is 10.9. The molecule has 1 atom stereocenters. The van der Waals surface area contributed by atoms with Crippen LogP contribution >= 0.6 is 28.3 Å². The fraction of sp³-hybridized carbons (Fsp3) is 0.417. The predicted octanol–water partition coefficient (Wildman–Crippen LogP) is 0.939. The topological polar surface area (TPSA) is 106 Å². The van der Waals surface area contributed by atoms with Crippen molar-refractivity contribution in [3.8, 4) is 0 Å². The van der Waals surface area contributed by atoms with Gasteiger partial charge in [0.2, 0.25) is 15.9 Å². The number of nitrogens with two attached hydrogens (primary N) is 2. The molecular weight excluding hydrogens is 382 g/mol. The lowest BCUT2D eigenvalue weighted by Crippen LogP contribution is -2.30. The molecule has 0 spiro atoms. The lowest BCUT2D eigenvalue weighted by atomic mass is 10.1. The Balaban J connectivity index is 0.00000220. The van der Waals surface area contributed by atoms with Crippen LogP contribution in [-0.4, -0.2) is 38.3 Å². The van der Waals surface area contributed by atoms with E-state index in [1.807, 2.05) is 0 Å². The summed E-state index contributed by atoms with van der Waals surface area (Å²) in [6.45, 7) is 1.33. The van der Waals surface area contributed by atoms with Crippen LogP contribution in [-0.2, 0) is 10.0 Å². The number of hydrogen-bond donors (Lipinski definition) is 2. The summed E-state index contributed by atoms with van der Waals surface area (Å²) in [5, 5.41) is 0. The van der Waals surface area contributed by atoms with E-state index in [1.54, 1.807) is 0 Å². The second-order valence-corrected chi connectivity index (χ2v) is 7.65. The Kier molecular flexibility index (Phi) is 6.18. The van der Waals surface area contributed by atoms with E-state index in [4.69, 9.17) is 11.5 Å². The summed E-state index contributed by atoms with van der Waals surface area (Å²) in [5.74, 6) is -0.475. The van der Waals surface area contributed by atoms with Gasteiger partial charge in [-0.3, -0.25) is 4.79 Å². The van der Waals surface area contributed by atoms with Gasteiger partial charge in [0.25, 0.3) is 0 Å². The maximum Gasteiger partial charge on any atom is 0.248 e. The van der Waals surface area contributed by atoms with Gasteiger partial charge in [0.1, 0.15) is 0 Å². The molecule has 1 heterocycles. The normalized spacial score (nSPS) is 19.2. The molecule has 4 N–H and O–H groups in total. The zero-order valence-corrected chi connectivity index (χ0v) is 14.4. The number of carbonyl (C=O) groups is 1. The smallest absolute Gasteiger partial charge is 0.248 e. The highest BCUT2D eigenvalue weighted by Crippen LogP contribution is 2.26. The second-order valence-electron chi connectivity index (χ2n) is 4.79. The zero-order valence-electron chi connectivity index (χ0n) is 11.2. The van der Waals surface area contributed by atoms with E-state index in [0.29, 0.717) is 24.1 Å². The molecule has 0 bridgehead atoms. The first-order valence-electron chi connectivity index (χ1n) is 6.15. The highest BCUT2D eigenvalue weighted by atomic mass is 79.9. The molecule has 1 saturated heterocycles. The molecule has 0 aromatic heterocycles. The molecule has 1 aromatic carbocycles. The maximum atomic E-state index is 12.5. The number of rotatable bonds is 4. The van der Waals surface area contributed by atoms with Gasteiger partial charge in [-0.2, -0.15) is 4.31 Å². The van der Waals surface area contributed by atoms with Gasteiger partial charge >= 0.3 is 0 Å². The number of amides is 1. The van der Waals surface area contributed by atoms with Crippen LogP contribution in [0.5, 0.6) is 0 Å². The van der Waals surface area contributed by atoms with Crippen molar-refractivity contribution in [2.24, 2.45) is 17.4 Å². The molecule has 1 unspecified atom stereocenters. The summed E-state index contributed by atoms with van der Waals surface area (Å²) in [6.07, 6.45) is 0.756. The Hall–Kier alpha value is -0.670. The van der Waals surface area contributed by atoms with Gasteiger partial charge in [0.15, 0.2) is 0 Å². The lowest BCUT2D eigenvalue weighted by molar-refractivity contribution is 0.1000. The Morgan fingerprint density at radius 1 is 1.38 bits per heavy atom. The fourth-order valence-electron chi connectivity index (χ4n) is 2.21. The highest BCUT2D eigenvalue weighted by Gasteiger charge is 2.32. The largest absolute Gasteiger partial charge is 0.366 e. The second kappa shape index (κ2) is 7.06. The summed E-state index contributed by atoms with van der Waals surface area (Å²) in [6, 6.07) is 4.27. The minimum Gasteiger partial charge on any atom is -0.366 e. The van der Waals surface area contributed by atoms with Gasteiger partial charge in [0, 0.05) is 23.1 Å². The van der Waals surface area contributed by atoms with Crippen LogP contribution in [0, 0.1) is 5.92 Å². The number of hydrogen-bond acceptors (Lipinski definition) is 4. The molecule has 0 radical (unpaired) electrons. The van der Waals surface area contributed by atoms with Crippen LogP contribution in [0.2, 0.25) is 0 Å². The molecule has 0 aliphatic carbocycles. The van der Waals surface area contributed by atoms with E-state index in [-0.39, 0.29) is 28.8 Å². The first kappa shape index (κ1) is 18.4. The number of primary amides is 1. The first-order chi connectivity index (χ1) is 9.34. The van der Waals surface area contributed by atoms with Crippen molar-refractivity contribution in [2.75, 3.05) is 19.6 Å². The molecule has 2 rings (SSSR count). The third-order valence-electron chi connectivity index (χ3n) is 3.38. The lowest BCUT2D eigenvalue weighted by Gasteiger charge is -2.17. The molecule has 6 nitrogen and oxygen atoms in total. The van der Waals surface area contributed by atoms with Crippen molar-refractivity contribution in [1.82, 2.24) is 4.31 Å². The first-order valence-corrected chi connectivity index (χ1v) is 8.38. The van der Waals surface area contributed by atoms with Gasteiger partial charge < -0.3 is 11.5 Å². The van der Waals surface area contributed by atoms with E-state index in [2.05, 4.69) is 15.9 Å². The molecule has 1 aromatic rings. The predicted molar refractivity (Wildman–Crippen MR) is 85.8 cm³/mol. The minimum absolute atomic E-state index is 0. The summed E-state index contributed by atoms with van der Waals surface area (Å²) < 4.78 is 27.0. The minimum atomic E-state index is -3.62. The molecule has 1 aliphatic rings. The average Bonchev–Trinajstić information content (AvgIpc) is 2.87. The Labute approximate surface area is 138 Å². The Morgan fingerprint density at radius 2 is 2.05 bits per heavy atom. The highest BCUT2D eigenvalue weighted by molar-refractivity contribution is 9.10. The molecule has 1 amide bonds. The third-order valence-corrected chi connectivity index (χ3v) is 5.68. The summed E-state index contributed by atoms with van der Waals surface area (Å²) in [7, 11) is -3.62. The number of halogens is 2. The molecule has 21 heavy (non-hydrogen) atoms. The molecule has 118 valence electrons. The van der Waals surface area contributed by atoms with Crippen LogP contribution in [0.1, 0.15) is 16.8 Å². The van der Waals surface area contributed by atoms with Crippen molar-refractivity contribution in [2.45, 2.75) is 11.3 Å². The van der Waals surface area contributed by atoms with Crippen LogP contribution in [0.3, 0.4) is 0 Å². The van der Waals surface area contributed by atoms with Crippen LogP contribution in [0.25, 0.3) is 0 Å². The van der Waals surface area contributed by atoms with Crippen LogP contribution in [0.15, 0.2) is 27.6 Å². The number of benzene rings is 1. The quantitative estimate of drug-likeness (QED) is 0.787. The molecule has 1 fully saturated rings. The van der Waals surface area contributed by atoms with Gasteiger partial charge in [0.05, 0.1) is 4.90 Å². The fourth-order valence-corrected chi connectivity index (χ4v) is 4.46. The van der Waals surface area contributed by atoms with E-state index < -0.39 is 15.9 Å². The van der Waals surface area contributed by atoms with Crippen LogP contribution < -0.4 is 11.5 Å². The van der Waals surface area contributed by atoms with Crippen molar-refractivity contribution >= 4 is 44.3 Å². The van der Waals surface area contributed by atoms with E-state index >= 15 is 0 Å². The van der Waals surface area contributed by atoms with Gasteiger partial charge in [-0.25, -0.2) is 8.42 Å². The van der Waals surface area contributed by atoms with E-state index in [1.165, 1.54) is 22.5 Å². The van der Waals surface area contributed by atoms with Gasteiger partial charge in [-0.05, 0) is 37.1 Å². The average molecular weight is 399 g/mol. The van der Waals surface area contributed by atoms with E-state index in [9.17, 15) is 13.2 Å². The Morgan fingerprint density at radius 3 is 2.57 bits per heavy atom. The van der Waals surface area contributed by atoms with Gasteiger partial charge in [-0.15, -0.1) is 12.4 Å². The van der Waals surface area contributed by atoms with Gasteiger partial charge in [-0.1, -0.05) is 15.9 Å². The maximum absolute atomic E-state index is 12.5. The monoisotopic (exact) mass is 397 g/mol. The summed E-state index contributed by atoms with van der Waals surface area (Å²) in [4.78, 5) is 11.3. The third kappa shape index (κ3) is 3.95. The molecule has 1 aliphatic heterocycles. The molecule has 0 saturated carbocycles. The zero-order chi connectivity index (χ0) is 14.9. The number of nitrogens with zero attached hydrogens (tertiary/aromatic N) is 1. The SMILES string of the molecule is Cl.NCC1CCN(S(=O)(=O)c2cc(Br)cc(C(N)=O)c2)C1. The summed E-state index contributed by atoms with van der Waals surface area (Å²) >= 11 is 3.20. The van der Waals surface area contributed by atoms with Crippen molar-refractivity contribution in [3.05, 3.63) is 28.2 Å². The van der Waals surface area contributed by atoms with E-state index in [0.717, 1.165) is 6.42 Å². The van der Waals surface area contributed by atoms with Crippen molar-refractivity contribution in [1.29, 1.82) is 0 Å². The number of carbonyl (C=O) groups excluding carboxylic acids is 1.